The average Bonchev–Trinajstić information content (AvgIpc) is 3.22. The van der Waals surface area contributed by atoms with Gasteiger partial charge in [0.1, 0.15) is 0 Å². The van der Waals surface area contributed by atoms with Crippen LogP contribution in [-0.4, -0.2) is 0 Å². The van der Waals surface area contributed by atoms with Gasteiger partial charge in [0.25, 0.3) is 0 Å². The fraction of sp³-hybridized carbons (Fsp3) is 0.0385. The van der Waals surface area contributed by atoms with Gasteiger partial charge in [0, 0.05) is 0 Å². The number of allylic oxidation sites excluding steroid dienone is 1. The van der Waals surface area contributed by atoms with Crippen molar-refractivity contribution in [2.45, 2.75) is 12.8 Å². The van der Waals surface area contributed by atoms with Gasteiger partial charge in [-0.1, -0.05) is 164 Å². The third kappa shape index (κ3) is 4.34. The van der Waals surface area contributed by atoms with Crippen molar-refractivity contribution in [2.75, 3.05) is 0 Å². The molecular formula is C52H34. The minimum Gasteiger partial charge on any atom is -0.0836 e. The molecule has 0 heterocycles. The van der Waals surface area contributed by atoms with E-state index in [4.69, 9.17) is 0 Å². The first-order chi connectivity index (χ1) is 25.8. The van der Waals surface area contributed by atoms with Gasteiger partial charge >= 0.3 is 0 Å². The van der Waals surface area contributed by atoms with Gasteiger partial charge in [-0.15, -0.1) is 0 Å². The second kappa shape index (κ2) is 11.5. The highest BCUT2D eigenvalue weighted by atomic mass is 14.2. The van der Waals surface area contributed by atoms with E-state index in [0.717, 1.165) is 12.8 Å². The Morgan fingerprint density at radius 1 is 0.327 bits per heavy atom. The normalized spacial score (nSPS) is 12.8. The summed E-state index contributed by atoms with van der Waals surface area (Å²) in [6.07, 6.45) is 6.88. The van der Waals surface area contributed by atoms with Crippen LogP contribution in [0, 0.1) is 0 Å². The van der Waals surface area contributed by atoms with Gasteiger partial charge in [0.2, 0.25) is 0 Å². The molecule has 0 unspecified atom stereocenters. The van der Waals surface area contributed by atoms with Gasteiger partial charge in [0.15, 0.2) is 0 Å². The summed E-state index contributed by atoms with van der Waals surface area (Å²) in [7, 11) is 0. The summed E-state index contributed by atoms with van der Waals surface area (Å²) >= 11 is 0. The zero-order valence-electron chi connectivity index (χ0n) is 28.7. The molecule has 0 N–H and O–H groups in total. The van der Waals surface area contributed by atoms with Gasteiger partial charge in [0.05, 0.1) is 0 Å². The molecule has 10 aromatic carbocycles. The molecule has 10 aromatic rings. The van der Waals surface area contributed by atoms with Crippen molar-refractivity contribution in [1.82, 2.24) is 0 Å². The van der Waals surface area contributed by atoms with E-state index in [1.54, 1.807) is 0 Å². The Labute approximate surface area is 302 Å². The van der Waals surface area contributed by atoms with Gasteiger partial charge in [-0.2, -0.15) is 0 Å². The Hall–Kier alpha value is -6.50. The van der Waals surface area contributed by atoms with Crippen LogP contribution in [-0.2, 0) is 6.42 Å². The number of hydrogen-bond acceptors (Lipinski definition) is 0. The smallest absolute Gasteiger partial charge is 0.00261 e. The lowest BCUT2D eigenvalue weighted by Gasteiger charge is -2.20. The lowest BCUT2D eigenvalue weighted by atomic mass is 9.83. The fourth-order valence-corrected chi connectivity index (χ4v) is 9.22. The third-order valence-electron chi connectivity index (χ3n) is 11.5. The standard InChI is InChI=1S/C52H34/c1-2-17-37-34(14-1)31-49(42-22-7-3-18-38(37)42)33-15-13-16-35(30-33)51-45-24-9-11-26-47(45)52(48-27-12-10-25-46(48)51)36-28-29-44-41-21-5-4-19-39(41)40-20-6-8-23-43(40)50(44)32-36/h1-3,5-18,20-32H,4,19H2. The van der Waals surface area contributed by atoms with Crippen molar-refractivity contribution in [3.05, 3.63) is 187 Å². The molecule has 0 spiro atoms. The molecule has 242 valence electrons. The number of fused-ring (bicyclic) bond motifs is 11. The Balaban J connectivity index is 1.17. The molecule has 1 aliphatic rings. The van der Waals surface area contributed by atoms with E-state index in [1.807, 2.05) is 0 Å². The van der Waals surface area contributed by atoms with Crippen molar-refractivity contribution in [1.29, 1.82) is 0 Å². The molecule has 0 nitrogen and oxygen atoms in total. The van der Waals surface area contributed by atoms with Gasteiger partial charge in [-0.3, -0.25) is 0 Å². The maximum absolute atomic E-state index is 2.46. The quantitative estimate of drug-likeness (QED) is 0.131. The first-order valence-electron chi connectivity index (χ1n) is 18.4. The van der Waals surface area contributed by atoms with Crippen LogP contribution < -0.4 is 0 Å². The van der Waals surface area contributed by atoms with Crippen molar-refractivity contribution >= 4 is 70.7 Å². The zero-order chi connectivity index (χ0) is 34.2. The Kier molecular flexibility index (Phi) is 6.48. The molecule has 0 bridgehead atoms. The zero-order valence-corrected chi connectivity index (χ0v) is 28.7. The highest BCUT2D eigenvalue weighted by Crippen LogP contribution is 2.46. The molecule has 0 amide bonds. The molecule has 0 atom stereocenters. The first-order valence-corrected chi connectivity index (χ1v) is 18.4. The predicted molar refractivity (Wildman–Crippen MR) is 225 cm³/mol. The molecule has 0 aliphatic heterocycles. The van der Waals surface area contributed by atoms with Gasteiger partial charge in [-0.05, 0) is 140 Å². The second-order valence-electron chi connectivity index (χ2n) is 14.3. The third-order valence-corrected chi connectivity index (χ3v) is 11.5. The van der Waals surface area contributed by atoms with Gasteiger partial charge < -0.3 is 0 Å². The molecular weight excluding hydrogens is 625 g/mol. The number of rotatable bonds is 3. The molecule has 1 aliphatic carbocycles. The minimum absolute atomic E-state index is 1.10. The van der Waals surface area contributed by atoms with E-state index in [1.165, 1.54) is 109 Å². The SMILES string of the molecule is C1=Cc2c(c3ccccc3c3cc(-c4c5ccccc5c(-c5cccc(-c6cc7ccccc7c7ccccc67)c5)c5ccccc45)ccc23)CC1. The van der Waals surface area contributed by atoms with Crippen LogP contribution in [0.4, 0.5) is 0 Å². The summed E-state index contributed by atoms with van der Waals surface area (Å²) < 4.78 is 0. The van der Waals surface area contributed by atoms with E-state index >= 15 is 0 Å². The number of benzene rings is 10. The van der Waals surface area contributed by atoms with Crippen molar-refractivity contribution in [2.24, 2.45) is 0 Å². The molecule has 11 rings (SSSR count). The van der Waals surface area contributed by atoms with E-state index in [-0.39, 0.29) is 0 Å². The molecule has 0 heteroatoms. The summed E-state index contributed by atoms with van der Waals surface area (Å²) in [5.74, 6) is 0. The predicted octanol–water partition coefficient (Wildman–Crippen LogP) is 14.6. The van der Waals surface area contributed by atoms with Crippen molar-refractivity contribution in [3.8, 4) is 33.4 Å². The molecule has 52 heavy (non-hydrogen) atoms. The van der Waals surface area contributed by atoms with Crippen LogP contribution in [0.25, 0.3) is 104 Å². The highest BCUT2D eigenvalue weighted by Gasteiger charge is 2.20. The van der Waals surface area contributed by atoms with Gasteiger partial charge in [-0.25, -0.2) is 0 Å². The molecule has 0 fully saturated rings. The molecule has 0 aromatic heterocycles. The summed E-state index contributed by atoms with van der Waals surface area (Å²) in [6.45, 7) is 0. The van der Waals surface area contributed by atoms with Crippen molar-refractivity contribution in [3.63, 3.8) is 0 Å². The largest absolute Gasteiger partial charge is 0.0836 e. The molecule has 0 saturated carbocycles. The summed E-state index contributed by atoms with van der Waals surface area (Å²) in [6, 6.07) is 63.4. The lowest BCUT2D eigenvalue weighted by molar-refractivity contribution is 1.00. The number of hydrogen-bond donors (Lipinski definition) is 0. The van der Waals surface area contributed by atoms with E-state index in [9.17, 15) is 0 Å². The molecule has 0 saturated heterocycles. The van der Waals surface area contributed by atoms with Crippen LogP contribution in [0.5, 0.6) is 0 Å². The fourth-order valence-electron chi connectivity index (χ4n) is 9.22. The molecule has 0 radical (unpaired) electrons. The second-order valence-corrected chi connectivity index (χ2v) is 14.3. The first kappa shape index (κ1) is 29.3. The van der Waals surface area contributed by atoms with Crippen LogP contribution >= 0.6 is 0 Å². The summed E-state index contributed by atoms with van der Waals surface area (Å²) in [4.78, 5) is 0. The minimum atomic E-state index is 1.10. The van der Waals surface area contributed by atoms with Crippen LogP contribution in [0.3, 0.4) is 0 Å². The monoisotopic (exact) mass is 658 g/mol. The maximum Gasteiger partial charge on any atom is -0.00261 e. The topological polar surface area (TPSA) is 0 Å². The van der Waals surface area contributed by atoms with Crippen LogP contribution in [0.1, 0.15) is 17.5 Å². The van der Waals surface area contributed by atoms with Crippen LogP contribution in [0.2, 0.25) is 0 Å². The average molecular weight is 659 g/mol. The van der Waals surface area contributed by atoms with Crippen molar-refractivity contribution < 1.29 is 0 Å². The highest BCUT2D eigenvalue weighted by molar-refractivity contribution is 6.23. The Morgan fingerprint density at radius 3 is 1.56 bits per heavy atom. The maximum atomic E-state index is 2.46. The van der Waals surface area contributed by atoms with E-state index in [2.05, 4.69) is 182 Å². The van der Waals surface area contributed by atoms with E-state index < -0.39 is 0 Å². The van der Waals surface area contributed by atoms with E-state index in [0.29, 0.717) is 0 Å². The number of aryl methyl sites for hydroxylation is 1. The Bertz CT molecular complexity index is 3060. The summed E-state index contributed by atoms with van der Waals surface area (Å²) in [5, 5.41) is 15.6. The van der Waals surface area contributed by atoms with Crippen LogP contribution in [0.15, 0.2) is 176 Å². The lowest BCUT2D eigenvalue weighted by Crippen LogP contribution is -1.98. The summed E-state index contributed by atoms with van der Waals surface area (Å²) in [5.41, 5.74) is 10.4. The Morgan fingerprint density at radius 2 is 0.865 bits per heavy atom.